The van der Waals surface area contributed by atoms with Gasteiger partial charge in [0.1, 0.15) is 5.30 Å². The summed E-state index contributed by atoms with van der Waals surface area (Å²) in [5.41, 5.74) is 10.1. The van der Waals surface area contributed by atoms with Gasteiger partial charge in [-0.15, -0.1) is 0 Å². The molecule has 0 unspecified atom stereocenters. The van der Waals surface area contributed by atoms with Crippen LogP contribution < -0.4 is 5.30 Å². The van der Waals surface area contributed by atoms with E-state index in [1.807, 2.05) is 5.30 Å². The molecular weight excluding hydrogens is 487 g/mol. The van der Waals surface area contributed by atoms with Gasteiger partial charge in [-0.1, -0.05) is 105 Å². The van der Waals surface area contributed by atoms with E-state index >= 15 is 0 Å². The molecule has 2 aliphatic rings. The molecule has 0 aliphatic heterocycles. The van der Waals surface area contributed by atoms with Crippen LogP contribution in [0.25, 0.3) is 11.1 Å². The Balaban J connectivity index is 2.07. The van der Waals surface area contributed by atoms with E-state index in [2.05, 4.69) is 98.7 Å². The zero-order chi connectivity index (χ0) is 28.4. The normalized spacial score (nSPS) is 18.5. The fourth-order valence-electron chi connectivity index (χ4n) is 8.22. The van der Waals surface area contributed by atoms with Crippen LogP contribution in [0.15, 0.2) is 36.4 Å². The maximum absolute atomic E-state index is 2.66. The molecule has 0 bridgehead atoms. The highest BCUT2D eigenvalue weighted by molar-refractivity contribution is 7.84. The van der Waals surface area contributed by atoms with Crippen molar-refractivity contribution in [2.24, 2.45) is 5.41 Å². The van der Waals surface area contributed by atoms with Crippen LogP contribution >= 0.6 is 7.26 Å². The number of hydrogen-bond acceptors (Lipinski definition) is 0. The van der Waals surface area contributed by atoms with Gasteiger partial charge in [0, 0.05) is 5.56 Å². The molecule has 0 spiro atoms. The van der Waals surface area contributed by atoms with E-state index in [4.69, 9.17) is 0 Å². The van der Waals surface area contributed by atoms with Crippen molar-refractivity contribution < 1.29 is 0 Å². The summed E-state index contributed by atoms with van der Waals surface area (Å²) in [6.45, 7) is 22.1. The largest absolute Gasteiger partial charge is 0.102 e. The second kappa shape index (κ2) is 12.8. The molecule has 0 amide bonds. The first-order chi connectivity index (χ1) is 18.5. The van der Waals surface area contributed by atoms with Crippen LogP contribution in [0.2, 0.25) is 0 Å². The van der Waals surface area contributed by atoms with Crippen LogP contribution in [0.4, 0.5) is 0 Å². The van der Waals surface area contributed by atoms with E-state index in [-0.39, 0.29) is 0 Å². The predicted molar refractivity (Wildman–Crippen MR) is 179 cm³/mol. The maximum Gasteiger partial charge on any atom is 0.102 e. The molecule has 2 saturated carbocycles. The Bertz CT molecular complexity index is 1020. The molecule has 0 heterocycles. The van der Waals surface area contributed by atoms with Gasteiger partial charge in [-0.05, 0) is 103 Å². The molecule has 216 valence electrons. The molecule has 0 atom stereocenters. The fraction of sp³-hybridized carbons (Fsp3) is 0.684. The molecule has 2 aromatic rings. The summed E-state index contributed by atoms with van der Waals surface area (Å²) in [5.74, 6) is 1.59. The lowest BCUT2D eigenvalue weighted by molar-refractivity contribution is 0.446. The first-order valence-electron chi connectivity index (χ1n) is 16.6. The molecule has 0 saturated heterocycles. The quantitative estimate of drug-likeness (QED) is 0.288. The molecule has 0 aromatic heterocycles. The Morgan fingerprint density at radius 3 is 1.54 bits per heavy atom. The van der Waals surface area contributed by atoms with Crippen molar-refractivity contribution in [2.75, 3.05) is 6.16 Å². The molecular formula is C38H60P+. The first-order valence-corrected chi connectivity index (χ1v) is 18.7. The van der Waals surface area contributed by atoms with E-state index < -0.39 is 7.26 Å². The molecule has 0 radical (unpaired) electrons. The molecule has 4 rings (SSSR count). The van der Waals surface area contributed by atoms with Gasteiger partial charge in [0.05, 0.1) is 24.7 Å². The highest BCUT2D eigenvalue weighted by Crippen LogP contribution is 2.74. The van der Waals surface area contributed by atoms with Crippen LogP contribution in [-0.4, -0.2) is 17.5 Å². The Morgan fingerprint density at radius 1 is 0.667 bits per heavy atom. The summed E-state index contributed by atoms with van der Waals surface area (Å²) in [4.78, 5) is 0. The standard InChI is InChI=1S/C38H60P/c1-27(2)30-24-34(28(3)4)37(35(25-30)29(5)6)33-22-16-17-23-36(33)39(26-38(7,8)9,31-18-12-10-13-19-31)32-20-14-11-15-21-32/h16-17,22-25,27-29,31-32H,10-15,18-21,26H2,1-9H3/q+1. The van der Waals surface area contributed by atoms with Crippen molar-refractivity contribution >= 4 is 12.6 Å². The van der Waals surface area contributed by atoms with Gasteiger partial charge in [0.15, 0.2) is 0 Å². The third-order valence-electron chi connectivity index (χ3n) is 9.94. The maximum atomic E-state index is 2.66. The van der Waals surface area contributed by atoms with E-state index in [0.29, 0.717) is 23.2 Å². The van der Waals surface area contributed by atoms with Crippen LogP contribution in [-0.2, 0) is 0 Å². The zero-order valence-electron chi connectivity index (χ0n) is 27.1. The molecule has 2 aromatic carbocycles. The van der Waals surface area contributed by atoms with Gasteiger partial charge in [0.25, 0.3) is 0 Å². The summed E-state index contributed by atoms with van der Waals surface area (Å²) < 4.78 is 0. The van der Waals surface area contributed by atoms with Crippen molar-refractivity contribution in [1.29, 1.82) is 0 Å². The second-order valence-corrected chi connectivity index (χ2v) is 19.4. The van der Waals surface area contributed by atoms with E-state index in [1.54, 1.807) is 22.3 Å². The smallest absolute Gasteiger partial charge is 0.0614 e. The van der Waals surface area contributed by atoms with Crippen molar-refractivity contribution in [2.45, 2.75) is 156 Å². The Hall–Kier alpha value is -1.13. The monoisotopic (exact) mass is 547 g/mol. The summed E-state index contributed by atoms with van der Waals surface area (Å²) in [5, 5.41) is 1.82. The Kier molecular flexibility index (Phi) is 10.1. The minimum atomic E-state index is -1.46. The summed E-state index contributed by atoms with van der Waals surface area (Å²) in [7, 11) is -1.46. The number of benzene rings is 2. The topological polar surface area (TPSA) is 0 Å². The number of hydrogen-bond donors (Lipinski definition) is 0. The highest BCUT2D eigenvalue weighted by Gasteiger charge is 2.56. The molecule has 0 nitrogen and oxygen atoms in total. The van der Waals surface area contributed by atoms with Crippen molar-refractivity contribution in [3.05, 3.63) is 53.1 Å². The molecule has 0 N–H and O–H groups in total. The lowest BCUT2D eigenvalue weighted by Gasteiger charge is -2.47. The van der Waals surface area contributed by atoms with Crippen LogP contribution in [0, 0.1) is 5.41 Å². The van der Waals surface area contributed by atoms with E-state index in [9.17, 15) is 0 Å². The van der Waals surface area contributed by atoms with Crippen molar-refractivity contribution in [3.63, 3.8) is 0 Å². The molecule has 1 heteroatoms. The third-order valence-corrected chi connectivity index (χ3v) is 16.3. The Morgan fingerprint density at radius 2 is 1.13 bits per heavy atom. The van der Waals surface area contributed by atoms with Crippen LogP contribution in [0.5, 0.6) is 0 Å². The van der Waals surface area contributed by atoms with Gasteiger partial charge >= 0.3 is 0 Å². The molecule has 2 fully saturated rings. The lowest BCUT2D eigenvalue weighted by atomic mass is 9.82. The van der Waals surface area contributed by atoms with Crippen molar-refractivity contribution in [3.8, 4) is 11.1 Å². The first kappa shape index (κ1) is 30.8. The van der Waals surface area contributed by atoms with E-state index in [0.717, 1.165) is 11.3 Å². The summed E-state index contributed by atoms with van der Waals surface area (Å²) in [6, 6.07) is 15.1. The molecule has 39 heavy (non-hydrogen) atoms. The minimum Gasteiger partial charge on any atom is -0.0614 e. The summed E-state index contributed by atoms with van der Waals surface area (Å²) in [6.07, 6.45) is 16.0. The second-order valence-electron chi connectivity index (χ2n) is 15.3. The van der Waals surface area contributed by atoms with Crippen LogP contribution in [0.1, 0.15) is 161 Å². The van der Waals surface area contributed by atoms with E-state index in [1.165, 1.54) is 75.9 Å². The SMILES string of the molecule is CC(C)c1cc(C(C)C)c(-c2ccccc2[P+](CC(C)(C)C)(C2CCCCC2)C2CCCCC2)c(C(C)C)c1. The molecule has 2 aliphatic carbocycles. The Labute approximate surface area is 243 Å². The van der Waals surface area contributed by atoms with Gasteiger partial charge in [-0.25, -0.2) is 0 Å². The highest BCUT2D eigenvalue weighted by atomic mass is 31.2. The van der Waals surface area contributed by atoms with Gasteiger partial charge in [-0.3, -0.25) is 0 Å². The number of rotatable bonds is 8. The lowest BCUT2D eigenvalue weighted by Crippen LogP contribution is -2.40. The van der Waals surface area contributed by atoms with Gasteiger partial charge < -0.3 is 0 Å². The summed E-state index contributed by atoms with van der Waals surface area (Å²) >= 11 is 0. The minimum absolute atomic E-state index is 0.346. The predicted octanol–water partition coefficient (Wildman–Crippen LogP) is 12.1. The third kappa shape index (κ3) is 6.69. The van der Waals surface area contributed by atoms with Crippen molar-refractivity contribution in [1.82, 2.24) is 0 Å². The fourth-order valence-corrected chi connectivity index (χ4v) is 15.4. The average Bonchev–Trinajstić information content (AvgIpc) is 2.91. The average molecular weight is 548 g/mol. The zero-order valence-corrected chi connectivity index (χ0v) is 28.0. The van der Waals surface area contributed by atoms with Gasteiger partial charge in [-0.2, -0.15) is 0 Å². The van der Waals surface area contributed by atoms with Crippen LogP contribution in [0.3, 0.4) is 0 Å². The van der Waals surface area contributed by atoms with Gasteiger partial charge in [0.2, 0.25) is 0 Å².